The highest BCUT2D eigenvalue weighted by Crippen LogP contribution is 2.41. The maximum atomic E-state index is 14.5. The van der Waals surface area contributed by atoms with Gasteiger partial charge in [0.15, 0.2) is 5.58 Å². The number of aryl methyl sites for hydroxylation is 2. The summed E-state index contributed by atoms with van der Waals surface area (Å²) in [7, 11) is 0. The van der Waals surface area contributed by atoms with Crippen molar-refractivity contribution in [3.63, 3.8) is 0 Å². The first-order valence-corrected chi connectivity index (χ1v) is 14.5. The molecule has 4 aromatic rings. The molecule has 0 amide bonds. The molecule has 226 valence electrons. The molecule has 0 aliphatic carbocycles. The van der Waals surface area contributed by atoms with Gasteiger partial charge in [-0.15, -0.1) is 0 Å². The number of esters is 1. The number of fused-ring (bicyclic) bond motifs is 1. The second kappa shape index (κ2) is 12.1. The molecule has 0 unspecified atom stereocenters. The van der Waals surface area contributed by atoms with E-state index in [1.807, 2.05) is 13.0 Å². The van der Waals surface area contributed by atoms with Crippen molar-refractivity contribution in [2.45, 2.75) is 53.3 Å². The van der Waals surface area contributed by atoms with E-state index in [1.165, 1.54) is 36.4 Å². The topological polar surface area (TPSA) is 70.2 Å². The third-order valence-electron chi connectivity index (χ3n) is 8.00. The van der Waals surface area contributed by atoms with Crippen LogP contribution in [-0.4, -0.2) is 19.1 Å². The van der Waals surface area contributed by atoms with E-state index in [-0.39, 0.29) is 40.1 Å². The molecular weight excluding hydrogens is 583 g/mol. The second-order valence-electron chi connectivity index (χ2n) is 11.3. The first-order valence-electron chi connectivity index (χ1n) is 14.1. The van der Waals surface area contributed by atoms with E-state index in [1.54, 1.807) is 19.9 Å². The monoisotopic (exact) mass is 614 g/mol. The summed E-state index contributed by atoms with van der Waals surface area (Å²) in [6.07, 6.45) is -3.17. The molecule has 0 spiro atoms. The average Bonchev–Trinajstić information content (AvgIpc) is 2.94. The predicted octanol–water partition coefficient (Wildman–Crippen LogP) is 7.22. The molecule has 0 bridgehead atoms. The van der Waals surface area contributed by atoms with E-state index in [9.17, 15) is 22.8 Å². The lowest BCUT2D eigenvalue weighted by atomic mass is 9.98. The summed E-state index contributed by atoms with van der Waals surface area (Å²) in [4.78, 5) is 27.8. The lowest BCUT2D eigenvalue weighted by Gasteiger charge is -2.28. The zero-order valence-electron chi connectivity index (χ0n) is 24.3. The summed E-state index contributed by atoms with van der Waals surface area (Å²) >= 11 is 5.94. The van der Waals surface area contributed by atoms with Crippen molar-refractivity contribution in [3.8, 4) is 17.2 Å². The lowest BCUT2D eigenvalue weighted by Crippen LogP contribution is -3.11. The molecule has 1 N–H and O–H groups in total. The van der Waals surface area contributed by atoms with Crippen LogP contribution in [0.15, 0.2) is 57.7 Å². The highest BCUT2D eigenvalue weighted by Gasteiger charge is 2.41. The Kier molecular flexibility index (Phi) is 8.58. The normalized spacial score (nSPS) is 17.2. The van der Waals surface area contributed by atoms with Crippen LogP contribution in [0.5, 0.6) is 17.2 Å². The van der Waals surface area contributed by atoms with Crippen LogP contribution < -0.4 is 19.8 Å². The Morgan fingerprint density at radius 1 is 1.02 bits per heavy atom. The van der Waals surface area contributed by atoms with Crippen molar-refractivity contribution in [2.24, 2.45) is 5.92 Å². The molecule has 1 saturated heterocycles. The van der Waals surface area contributed by atoms with Crippen LogP contribution in [0.1, 0.15) is 58.1 Å². The maximum absolute atomic E-state index is 14.5. The molecular formula is C33H32ClF3NO5+. The van der Waals surface area contributed by atoms with Crippen LogP contribution >= 0.6 is 11.6 Å². The number of carbonyl (C=O) groups excluding carboxylic acids is 1. The fourth-order valence-electron chi connectivity index (χ4n) is 5.38. The predicted molar refractivity (Wildman–Crippen MR) is 157 cm³/mol. The van der Waals surface area contributed by atoms with Gasteiger partial charge in [0.1, 0.15) is 18.0 Å². The quantitative estimate of drug-likeness (QED) is 0.183. The average molecular weight is 615 g/mol. The number of likely N-dealkylation sites (tertiary alicyclic amines) is 1. The minimum atomic E-state index is -5.05. The molecule has 1 fully saturated rings. The number of hydrogen-bond acceptors (Lipinski definition) is 5. The highest BCUT2D eigenvalue weighted by atomic mass is 35.5. The Hall–Kier alpha value is -3.82. The van der Waals surface area contributed by atoms with E-state index < -0.39 is 29.1 Å². The number of quaternary nitrogens is 1. The van der Waals surface area contributed by atoms with E-state index in [0.717, 1.165) is 42.0 Å². The number of benzene rings is 3. The van der Waals surface area contributed by atoms with Gasteiger partial charge < -0.3 is 18.8 Å². The van der Waals surface area contributed by atoms with Crippen LogP contribution in [-0.2, 0) is 12.7 Å². The van der Waals surface area contributed by atoms with Crippen LogP contribution in [0.3, 0.4) is 0 Å². The van der Waals surface area contributed by atoms with Crippen LogP contribution in [0.4, 0.5) is 13.2 Å². The zero-order valence-corrected chi connectivity index (χ0v) is 25.0. The molecule has 1 aliphatic rings. The summed E-state index contributed by atoms with van der Waals surface area (Å²) in [6, 6.07) is 12.2. The molecule has 0 radical (unpaired) electrons. The molecule has 0 saturated carbocycles. The standard InChI is InChI=1S/C33H31ClF3NO5/c1-18-11-13-38(14-12-18)17-25-26(42-32(40)22-5-7-23(34)8-6-22)10-9-24-28(39)30(31(33(35,36)37)43-29(24)25)41-27-16-19(2)15-20(3)21(27)4/h5-10,15-16,18H,11-14,17H2,1-4H3/p+1. The molecule has 1 aliphatic heterocycles. The Bertz CT molecular complexity index is 1740. The number of nitrogens with one attached hydrogen (secondary N) is 1. The van der Waals surface area contributed by atoms with E-state index in [0.29, 0.717) is 16.5 Å². The van der Waals surface area contributed by atoms with Crippen LogP contribution in [0, 0.1) is 26.7 Å². The molecule has 1 aromatic heterocycles. The van der Waals surface area contributed by atoms with Gasteiger partial charge in [0.05, 0.1) is 29.6 Å². The van der Waals surface area contributed by atoms with Crippen molar-refractivity contribution in [2.75, 3.05) is 13.1 Å². The van der Waals surface area contributed by atoms with Gasteiger partial charge in [-0.1, -0.05) is 24.6 Å². The van der Waals surface area contributed by atoms with Gasteiger partial charge in [-0.25, -0.2) is 4.79 Å². The Morgan fingerprint density at radius 2 is 1.70 bits per heavy atom. The number of halogens is 4. The largest absolute Gasteiger partial charge is 0.453 e. The van der Waals surface area contributed by atoms with E-state index >= 15 is 0 Å². The molecule has 43 heavy (non-hydrogen) atoms. The van der Waals surface area contributed by atoms with Crippen molar-refractivity contribution in [1.82, 2.24) is 0 Å². The van der Waals surface area contributed by atoms with Crippen LogP contribution in [0.2, 0.25) is 5.02 Å². The molecule has 6 nitrogen and oxygen atoms in total. The number of carbonyl (C=O) groups is 1. The Morgan fingerprint density at radius 3 is 2.35 bits per heavy atom. The Labute approximate surface area is 252 Å². The SMILES string of the molecule is Cc1cc(C)c(C)c(Oc2c(C(F)(F)F)oc3c(C[NH+]4CCC(C)CC4)c(OC(=O)c4ccc(Cl)cc4)ccc3c2=O)c1. The maximum Gasteiger partial charge on any atom is 0.453 e. The van der Waals surface area contributed by atoms with Gasteiger partial charge in [-0.2, -0.15) is 13.2 Å². The first-order chi connectivity index (χ1) is 20.3. The summed E-state index contributed by atoms with van der Waals surface area (Å²) in [5.41, 5.74) is 1.35. The minimum absolute atomic E-state index is 0.0219. The third-order valence-corrected chi connectivity index (χ3v) is 8.25. The summed E-state index contributed by atoms with van der Waals surface area (Å²) in [5, 5.41) is 0.331. The van der Waals surface area contributed by atoms with Gasteiger partial charge in [0, 0.05) is 5.02 Å². The summed E-state index contributed by atoms with van der Waals surface area (Å²) in [6.45, 7) is 9.20. The van der Waals surface area contributed by atoms with Crippen LogP contribution in [0.25, 0.3) is 11.0 Å². The lowest BCUT2D eigenvalue weighted by molar-refractivity contribution is -0.919. The van der Waals surface area contributed by atoms with Crippen molar-refractivity contribution < 1.29 is 36.8 Å². The molecule has 3 aromatic carbocycles. The van der Waals surface area contributed by atoms with Crippen molar-refractivity contribution in [1.29, 1.82) is 0 Å². The van der Waals surface area contributed by atoms with E-state index in [2.05, 4.69) is 6.92 Å². The van der Waals surface area contributed by atoms with E-state index in [4.69, 9.17) is 25.5 Å². The third kappa shape index (κ3) is 6.58. The van der Waals surface area contributed by atoms with Crippen molar-refractivity contribution in [3.05, 3.63) is 97.4 Å². The second-order valence-corrected chi connectivity index (χ2v) is 11.8. The zero-order chi connectivity index (χ0) is 31.1. The molecule has 2 heterocycles. The number of alkyl halides is 3. The smallest absolute Gasteiger partial charge is 0.449 e. The summed E-state index contributed by atoms with van der Waals surface area (Å²) < 4.78 is 60.5. The number of rotatable bonds is 6. The van der Waals surface area contributed by atoms with Gasteiger partial charge in [0.2, 0.25) is 11.2 Å². The Balaban J connectivity index is 1.67. The van der Waals surface area contributed by atoms with Gasteiger partial charge in [-0.3, -0.25) is 4.79 Å². The first kappa shape index (κ1) is 30.6. The van der Waals surface area contributed by atoms with Gasteiger partial charge in [-0.05, 0) is 98.7 Å². The van der Waals surface area contributed by atoms with Gasteiger partial charge >= 0.3 is 12.1 Å². The fourth-order valence-corrected chi connectivity index (χ4v) is 5.51. The van der Waals surface area contributed by atoms with Crippen molar-refractivity contribution >= 4 is 28.5 Å². The number of ether oxygens (including phenoxy) is 2. The number of piperidine rings is 1. The number of hydrogen-bond donors (Lipinski definition) is 1. The van der Waals surface area contributed by atoms with Gasteiger partial charge in [0.25, 0.3) is 5.76 Å². The molecule has 10 heteroatoms. The summed E-state index contributed by atoms with van der Waals surface area (Å²) in [5.74, 6) is -2.52. The minimum Gasteiger partial charge on any atom is -0.449 e. The fraction of sp³-hybridized carbons (Fsp3) is 0.333. The molecule has 5 rings (SSSR count). The highest BCUT2D eigenvalue weighted by molar-refractivity contribution is 6.30. The molecule has 0 atom stereocenters.